The topological polar surface area (TPSA) is 82.1 Å². The second-order valence-electron chi connectivity index (χ2n) is 5.84. The first-order chi connectivity index (χ1) is 8.98. The SMILES string of the molecule is CO[C@H]1O[C@@H]2CS(=O)(=O)C[C@]34C=C[C@H](O3)[C@H]1[C@]24CO. The molecular weight excluding hydrogens is 272 g/mol. The zero-order valence-electron chi connectivity index (χ0n) is 10.5. The Kier molecular flexibility index (Phi) is 2.20. The van der Waals surface area contributed by atoms with E-state index in [1.165, 1.54) is 7.11 Å². The van der Waals surface area contributed by atoms with E-state index in [0.29, 0.717) is 0 Å². The molecule has 0 radical (unpaired) electrons. The number of methoxy groups -OCH3 is 1. The number of fused-ring (bicyclic) bond motifs is 2. The molecule has 0 aromatic heterocycles. The third-order valence-electron chi connectivity index (χ3n) is 5.14. The summed E-state index contributed by atoms with van der Waals surface area (Å²) in [5, 5.41) is 9.99. The number of aliphatic hydroxyl groups excluding tert-OH is 1. The lowest BCUT2D eigenvalue weighted by molar-refractivity contribution is -0.156. The third-order valence-corrected chi connectivity index (χ3v) is 6.82. The van der Waals surface area contributed by atoms with Crippen molar-refractivity contribution in [1.82, 2.24) is 0 Å². The number of aliphatic hydroxyl groups is 1. The number of ether oxygens (including phenoxy) is 3. The molecule has 0 unspecified atom stereocenters. The summed E-state index contributed by atoms with van der Waals surface area (Å²) >= 11 is 0. The van der Waals surface area contributed by atoms with Crippen molar-refractivity contribution in [2.75, 3.05) is 25.2 Å². The summed E-state index contributed by atoms with van der Waals surface area (Å²) in [7, 11) is -1.73. The Bertz CT molecular complexity index is 557. The van der Waals surface area contributed by atoms with Crippen LogP contribution in [-0.2, 0) is 24.0 Å². The minimum absolute atomic E-state index is 0.0738. The lowest BCUT2D eigenvalue weighted by Crippen LogP contribution is -2.63. The van der Waals surface area contributed by atoms with E-state index in [0.717, 1.165) is 0 Å². The predicted octanol–water partition coefficient (Wildman–Crippen LogP) is -0.912. The van der Waals surface area contributed by atoms with Gasteiger partial charge in [0.25, 0.3) is 0 Å². The Morgan fingerprint density at radius 3 is 3.00 bits per heavy atom. The lowest BCUT2D eigenvalue weighted by Gasteiger charge is -2.47. The second-order valence-corrected chi connectivity index (χ2v) is 7.95. The van der Waals surface area contributed by atoms with Gasteiger partial charge in [-0.25, -0.2) is 8.42 Å². The summed E-state index contributed by atoms with van der Waals surface area (Å²) in [6.45, 7) is -0.154. The summed E-state index contributed by atoms with van der Waals surface area (Å²) in [5.41, 5.74) is -1.65. The molecule has 4 heterocycles. The minimum atomic E-state index is -3.26. The fourth-order valence-corrected chi connectivity index (χ4v) is 6.46. The van der Waals surface area contributed by atoms with Gasteiger partial charge in [-0.3, -0.25) is 0 Å². The summed E-state index contributed by atoms with van der Waals surface area (Å²) in [5.74, 6) is -0.302. The van der Waals surface area contributed by atoms with E-state index in [4.69, 9.17) is 14.2 Å². The van der Waals surface area contributed by atoms with E-state index in [1.807, 2.05) is 6.08 Å². The molecule has 1 N–H and O–H groups in total. The fraction of sp³-hybridized carbons (Fsp3) is 0.833. The third kappa shape index (κ3) is 1.19. The first-order valence-electron chi connectivity index (χ1n) is 6.35. The van der Waals surface area contributed by atoms with Crippen LogP contribution in [0.5, 0.6) is 0 Å². The molecule has 3 saturated heterocycles. The molecule has 0 amide bonds. The van der Waals surface area contributed by atoms with Crippen LogP contribution in [0.15, 0.2) is 12.2 Å². The number of hydrogen-bond acceptors (Lipinski definition) is 6. The van der Waals surface area contributed by atoms with Crippen molar-refractivity contribution in [2.45, 2.75) is 24.1 Å². The highest BCUT2D eigenvalue weighted by Gasteiger charge is 2.78. The minimum Gasteiger partial charge on any atom is -0.396 e. The highest BCUT2D eigenvalue weighted by molar-refractivity contribution is 7.91. The van der Waals surface area contributed by atoms with Crippen molar-refractivity contribution in [3.63, 3.8) is 0 Å². The molecule has 106 valence electrons. The van der Waals surface area contributed by atoms with Gasteiger partial charge in [-0.2, -0.15) is 0 Å². The molecule has 1 spiro atoms. The van der Waals surface area contributed by atoms with Gasteiger partial charge >= 0.3 is 0 Å². The van der Waals surface area contributed by atoms with Crippen LogP contribution in [0.25, 0.3) is 0 Å². The molecule has 6 atom stereocenters. The normalized spacial score (nSPS) is 56.5. The molecule has 4 aliphatic heterocycles. The Morgan fingerprint density at radius 2 is 2.32 bits per heavy atom. The molecule has 7 heteroatoms. The van der Waals surface area contributed by atoms with Crippen molar-refractivity contribution in [1.29, 1.82) is 0 Å². The maximum atomic E-state index is 12.1. The van der Waals surface area contributed by atoms with Crippen molar-refractivity contribution >= 4 is 9.84 Å². The van der Waals surface area contributed by atoms with Gasteiger partial charge < -0.3 is 19.3 Å². The van der Waals surface area contributed by atoms with Gasteiger partial charge in [0.1, 0.15) is 5.60 Å². The molecule has 0 saturated carbocycles. The Morgan fingerprint density at radius 1 is 1.53 bits per heavy atom. The Hall–Kier alpha value is -0.470. The van der Waals surface area contributed by atoms with E-state index >= 15 is 0 Å². The van der Waals surface area contributed by atoms with Gasteiger partial charge in [-0.15, -0.1) is 0 Å². The van der Waals surface area contributed by atoms with Crippen LogP contribution in [0, 0.1) is 11.3 Å². The van der Waals surface area contributed by atoms with Gasteiger partial charge in [0.15, 0.2) is 16.1 Å². The van der Waals surface area contributed by atoms with Crippen molar-refractivity contribution in [3.8, 4) is 0 Å². The molecule has 4 aliphatic rings. The van der Waals surface area contributed by atoms with Crippen molar-refractivity contribution in [3.05, 3.63) is 12.2 Å². The van der Waals surface area contributed by atoms with E-state index < -0.39 is 33.2 Å². The maximum Gasteiger partial charge on any atom is 0.164 e. The molecular formula is C12H16O6S. The van der Waals surface area contributed by atoms with E-state index in [2.05, 4.69) is 0 Å². The van der Waals surface area contributed by atoms with E-state index in [9.17, 15) is 13.5 Å². The number of sulfone groups is 1. The standard InChI is InChI=1S/C12H16O6S/c1-16-10-9-7-2-3-11(18-7)6-19(14,15)4-8(17-10)12(9,11)5-13/h2-3,7-10,13H,4-6H2,1H3/t7-,8+,9+,10-,11-,12-/m0/s1. The summed E-state index contributed by atoms with van der Waals surface area (Å²) in [6, 6.07) is 0. The molecule has 0 aliphatic carbocycles. The quantitative estimate of drug-likeness (QED) is 0.662. The molecule has 19 heavy (non-hydrogen) atoms. The zero-order chi connectivity index (χ0) is 13.5. The van der Waals surface area contributed by atoms with Crippen LogP contribution in [-0.4, -0.2) is 62.8 Å². The van der Waals surface area contributed by atoms with E-state index in [-0.39, 0.29) is 30.1 Å². The average Bonchev–Trinajstić information content (AvgIpc) is 2.95. The van der Waals surface area contributed by atoms with Gasteiger partial charge in [-0.1, -0.05) is 12.2 Å². The summed E-state index contributed by atoms with van der Waals surface area (Å²) in [4.78, 5) is 0. The van der Waals surface area contributed by atoms with Crippen LogP contribution < -0.4 is 0 Å². The summed E-state index contributed by atoms with van der Waals surface area (Å²) in [6.07, 6.45) is 2.34. The highest BCUT2D eigenvalue weighted by atomic mass is 32.2. The zero-order valence-corrected chi connectivity index (χ0v) is 11.3. The summed E-state index contributed by atoms with van der Waals surface area (Å²) < 4.78 is 41.3. The van der Waals surface area contributed by atoms with Gasteiger partial charge in [0.2, 0.25) is 0 Å². The van der Waals surface area contributed by atoms with E-state index in [1.54, 1.807) is 6.08 Å². The predicted molar refractivity (Wildman–Crippen MR) is 64.1 cm³/mol. The monoisotopic (exact) mass is 288 g/mol. The molecule has 3 fully saturated rings. The second kappa shape index (κ2) is 3.40. The van der Waals surface area contributed by atoms with Crippen LogP contribution in [0.1, 0.15) is 0 Å². The molecule has 4 rings (SSSR count). The Labute approximate surface area is 111 Å². The van der Waals surface area contributed by atoms with Crippen molar-refractivity contribution in [2.24, 2.45) is 11.3 Å². The molecule has 6 nitrogen and oxygen atoms in total. The molecule has 2 bridgehead atoms. The lowest BCUT2D eigenvalue weighted by atomic mass is 9.61. The molecule has 0 aromatic carbocycles. The number of hydrogen-bond donors (Lipinski definition) is 1. The maximum absolute atomic E-state index is 12.1. The van der Waals surface area contributed by atoms with Crippen molar-refractivity contribution < 1.29 is 27.7 Å². The fourth-order valence-electron chi connectivity index (χ4n) is 4.42. The van der Waals surface area contributed by atoms with Gasteiger partial charge in [-0.05, 0) is 0 Å². The average molecular weight is 288 g/mol. The first-order valence-corrected chi connectivity index (χ1v) is 8.17. The van der Waals surface area contributed by atoms with Crippen LogP contribution in [0.2, 0.25) is 0 Å². The number of rotatable bonds is 2. The smallest absolute Gasteiger partial charge is 0.164 e. The Balaban J connectivity index is 1.93. The highest BCUT2D eigenvalue weighted by Crippen LogP contribution is 2.65. The molecule has 0 aromatic rings. The van der Waals surface area contributed by atoms with Gasteiger partial charge in [0, 0.05) is 7.11 Å². The van der Waals surface area contributed by atoms with Gasteiger partial charge in [0.05, 0.1) is 41.7 Å². The largest absolute Gasteiger partial charge is 0.396 e. The van der Waals surface area contributed by atoms with Crippen LogP contribution in [0.4, 0.5) is 0 Å². The van der Waals surface area contributed by atoms with Crippen LogP contribution >= 0.6 is 0 Å². The first kappa shape index (κ1) is 12.3. The van der Waals surface area contributed by atoms with Crippen LogP contribution in [0.3, 0.4) is 0 Å².